The third-order valence-corrected chi connectivity index (χ3v) is 5.10. The van der Waals surface area contributed by atoms with Gasteiger partial charge in [-0.2, -0.15) is 5.10 Å². The molecule has 0 aliphatic carbocycles. The highest BCUT2D eigenvalue weighted by atomic mass is 16.2. The second kappa shape index (κ2) is 9.36. The fourth-order valence-electron chi connectivity index (χ4n) is 3.34. The third-order valence-electron chi connectivity index (χ3n) is 5.10. The van der Waals surface area contributed by atoms with Gasteiger partial charge >= 0.3 is 0 Å². The van der Waals surface area contributed by atoms with E-state index in [-0.39, 0.29) is 24.3 Å². The Labute approximate surface area is 170 Å². The minimum Gasteiger partial charge on any atom is -0.340 e. The highest BCUT2D eigenvalue weighted by Gasteiger charge is 2.27. The number of aryl methyl sites for hydroxylation is 2. The molecule has 1 fully saturated rings. The molecule has 3 rings (SSSR count). The molecule has 2 aromatic rings. The van der Waals surface area contributed by atoms with Crippen LogP contribution in [0.3, 0.4) is 0 Å². The normalized spacial score (nSPS) is 14.2. The Morgan fingerprint density at radius 2 is 2.07 bits per heavy atom. The Kier molecular flexibility index (Phi) is 6.64. The van der Waals surface area contributed by atoms with Crippen LogP contribution in [0.5, 0.6) is 0 Å². The Bertz CT molecular complexity index is 878. The first-order valence-electron chi connectivity index (χ1n) is 9.93. The molecule has 1 aromatic carbocycles. The van der Waals surface area contributed by atoms with Crippen molar-refractivity contribution in [2.75, 3.05) is 31.5 Å². The molecule has 3 amide bonds. The van der Waals surface area contributed by atoms with E-state index in [0.29, 0.717) is 50.3 Å². The Hall–Kier alpha value is -3.16. The second-order valence-electron chi connectivity index (χ2n) is 7.15. The summed E-state index contributed by atoms with van der Waals surface area (Å²) in [6.07, 6.45) is 4.61. The van der Waals surface area contributed by atoms with E-state index in [4.69, 9.17) is 0 Å². The standard InChI is InChI=1S/C21H27N5O3/c1-3-24-12-13-25(15-20(24)28)21(29)17-8-7-16(2)18(14-17)23-19(27)6-4-10-26-11-5-9-22-26/h5,7-9,11,14H,3-4,6,10,12-13,15H2,1-2H3,(H,23,27). The van der Waals surface area contributed by atoms with Crippen LogP contribution >= 0.6 is 0 Å². The first-order chi connectivity index (χ1) is 14.0. The summed E-state index contributed by atoms with van der Waals surface area (Å²) in [4.78, 5) is 40.5. The van der Waals surface area contributed by atoms with Crippen molar-refractivity contribution in [3.63, 3.8) is 0 Å². The third kappa shape index (κ3) is 5.22. The summed E-state index contributed by atoms with van der Waals surface area (Å²) in [5.74, 6) is -0.329. The molecule has 0 spiro atoms. The summed E-state index contributed by atoms with van der Waals surface area (Å²) in [6.45, 7) is 6.30. The van der Waals surface area contributed by atoms with Gasteiger partial charge in [-0.15, -0.1) is 0 Å². The van der Waals surface area contributed by atoms with E-state index in [1.807, 2.05) is 32.2 Å². The lowest BCUT2D eigenvalue weighted by Crippen LogP contribution is -2.52. The quantitative estimate of drug-likeness (QED) is 0.773. The molecule has 1 aliphatic heterocycles. The number of piperazine rings is 1. The van der Waals surface area contributed by atoms with Crippen molar-refractivity contribution in [3.8, 4) is 0 Å². The lowest BCUT2D eigenvalue weighted by molar-refractivity contribution is -0.134. The number of aromatic nitrogens is 2. The summed E-state index contributed by atoms with van der Waals surface area (Å²) >= 11 is 0. The molecule has 0 unspecified atom stereocenters. The predicted molar refractivity (Wildman–Crippen MR) is 109 cm³/mol. The molecule has 2 heterocycles. The Morgan fingerprint density at radius 3 is 2.76 bits per heavy atom. The van der Waals surface area contributed by atoms with Crippen LogP contribution in [0.4, 0.5) is 5.69 Å². The van der Waals surface area contributed by atoms with Gasteiger partial charge in [0.05, 0.1) is 0 Å². The minimum absolute atomic E-state index is 0.0371. The molecule has 1 N–H and O–H groups in total. The van der Waals surface area contributed by atoms with Crippen LogP contribution in [-0.4, -0.2) is 63.5 Å². The highest BCUT2D eigenvalue weighted by Crippen LogP contribution is 2.19. The molecule has 0 atom stereocenters. The van der Waals surface area contributed by atoms with E-state index >= 15 is 0 Å². The van der Waals surface area contributed by atoms with Gasteiger partial charge in [0, 0.05) is 56.2 Å². The number of hydrogen-bond acceptors (Lipinski definition) is 4. The van der Waals surface area contributed by atoms with Crippen LogP contribution in [0.2, 0.25) is 0 Å². The van der Waals surface area contributed by atoms with Crippen molar-refractivity contribution < 1.29 is 14.4 Å². The zero-order valence-corrected chi connectivity index (χ0v) is 16.9. The molecule has 0 bridgehead atoms. The van der Waals surface area contributed by atoms with E-state index in [1.165, 1.54) is 0 Å². The smallest absolute Gasteiger partial charge is 0.254 e. The minimum atomic E-state index is -0.191. The average Bonchev–Trinajstić information content (AvgIpc) is 3.22. The summed E-state index contributed by atoms with van der Waals surface area (Å²) in [6, 6.07) is 7.10. The van der Waals surface area contributed by atoms with Crippen LogP contribution in [0, 0.1) is 6.92 Å². The van der Waals surface area contributed by atoms with Gasteiger partial charge in [0.1, 0.15) is 6.54 Å². The van der Waals surface area contributed by atoms with Gasteiger partial charge in [-0.05, 0) is 44.0 Å². The zero-order valence-electron chi connectivity index (χ0n) is 16.9. The van der Waals surface area contributed by atoms with Gasteiger partial charge in [-0.25, -0.2) is 0 Å². The molecular weight excluding hydrogens is 370 g/mol. The lowest BCUT2D eigenvalue weighted by Gasteiger charge is -2.33. The van der Waals surface area contributed by atoms with Crippen molar-refractivity contribution in [1.29, 1.82) is 0 Å². The number of likely N-dealkylation sites (N-methyl/N-ethyl adjacent to an activating group) is 1. The number of hydrogen-bond donors (Lipinski definition) is 1. The number of rotatable bonds is 7. The number of nitrogens with one attached hydrogen (secondary N) is 1. The molecule has 1 saturated heterocycles. The molecule has 1 aliphatic rings. The number of carbonyl (C=O) groups is 3. The largest absolute Gasteiger partial charge is 0.340 e. The number of nitrogens with zero attached hydrogens (tertiary/aromatic N) is 4. The van der Waals surface area contributed by atoms with Crippen LogP contribution in [-0.2, 0) is 16.1 Å². The van der Waals surface area contributed by atoms with E-state index in [9.17, 15) is 14.4 Å². The second-order valence-corrected chi connectivity index (χ2v) is 7.15. The van der Waals surface area contributed by atoms with E-state index < -0.39 is 0 Å². The van der Waals surface area contributed by atoms with Crippen molar-refractivity contribution in [1.82, 2.24) is 19.6 Å². The van der Waals surface area contributed by atoms with Gasteiger partial charge in [-0.1, -0.05) is 6.07 Å². The number of carbonyl (C=O) groups excluding carboxylic acids is 3. The summed E-state index contributed by atoms with van der Waals surface area (Å²) < 4.78 is 1.79. The Morgan fingerprint density at radius 1 is 1.24 bits per heavy atom. The molecule has 1 aromatic heterocycles. The van der Waals surface area contributed by atoms with Gasteiger partial charge in [0.15, 0.2) is 0 Å². The average molecular weight is 397 g/mol. The molecule has 8 heteroatoms. The molecule has 0 saturated carbocycles. The predicted octanol–water partition coefficient (Wildman–Crippen LogP) is 1.91. The monoisotopic (exact) mass is 397 g/mol. The summed E-state index contributed by atoms with van der Waals surface area (Å²) in [7, 11) is 0. The maximum Gasteiger partial charge on any atom is 0.254 e. The SMILES string of the molecule is CCN1CCN(C(=O)c2ccc(C)c(NC(=O)CCCn3cccn3)c2)CC1=O. The van der Waals surface area contributed by atoms with Crippen molar-refractivity contribution in [2.45, 2.75) is 33.2 Å². The van der Waals surface area contributed by atoms with E-state index in [1.54, 1.807) is 32.8 Å². The van der Waals surface area contributed by atoms with Crippen molar-refractivity contribution >= 4 is 23.4 Å². The van der Waals surface area contributed by atoms with Crippen LogP contribution < -0.4 is 5.32 Å². The van der Waals surface area contributed by atoms with E-state index in [2.05, 4.69) is 10.4 Å². The van der Waals surface area contributed by atoms with Crippen LogP contribution in [0.15, 0.2) is 36.7 Å². The fourth-order valence-corrected chi connectivity index (χ4v) is 3.34. The van der Waals surface area contributed by atoms with Crippen LogP contribution in [0.25, 0.3) is 0 Å². The van der Waals surface area contributed by atoms with Gasteiger partial charge in [0.25, 0.3) is 5.91 Å². The molecule has 29 heavy (non-hydrogen) atoms. The summed E-state index contributed by atoms with van der Waals surface area (Å²) in [5, 5.41) is 7.02. The Balaban J connectivity index is 1.59. The number of anilines is 1. The van der Waals surface area contributed by atoms with Crippen LogP contribution in [0.1, 0.15) is 35.7 Å². The van der Waals surface area contributed by atoms with Gasteiger partial charge < -0.3 is 15.1 Å². The summed E-state index contributed by atoms with van der Waals surface area (Å²) in [5.41, 5.74) is 1.98. The first kappa shape index (κ1) is 20.6. The molecule has 8 nitrogen and oxygen atoms in total. The maximum absolute atomic E-state index is 12.8. The van der Waals surface area contributed by atoms with Gasteiger partial charge in [-0.3, -0.25) is 19.1 Å². The zero-order chi connectivity index (χ0) is 20.8. The van der Waals surface area contributed by atoms with Crippen molar-refractivity contribution in [3.05, 3.63) is 47.8 Å². The lowest BCUT2D eigenvalue weighted by atomic mass is 10.1. The first-order valence-corrected chi connectivity index (χ1v) is 9.93. The molecule has 154 valence electrons. The van der Waals surface area contributed by atoms with E-state index in [0.717, 1.165) is 5.56 Å². The maximum atomic E-state index is 12.8. The van der Waals surface area contributed by atoms with Gasteiger partial charge in [0.2, 0.25) is 11.8 Å². The number of amides is 3. The topological polar surface area (TPSA) is 87.5 Å². The van der Waals surface area contributed by atoms with Crippen molar-refractivity contribution in [2.24, 2.45) is 0 Å². The highest BCUT2D eigenvalue weighted by molar-refractivity contribution is 5.99. The fraction of sp³-hybridized carbons (Fsp3) is 0.429. The molecular formula is C21H27N5O3. The molecule has 0 radical (unpaired) electrons. The number of benzene rings is 1.